The minimum Gasteiger partial charge on any atom is -0.366 e. The number of carbonyl (C=O) groups is 2. The Labute approximate surface area is 151 Å². The molecule has 0 aliphatic rings. The normalized spacial score (nSPS) is 10.5. The van der Waals surface area contributed by atoms with Crippen LogP contribution in [0.5, 0.6) is 0 Å². The van der Waals surface area contributed by atoms with Crippen LogP contribution in [-0.4, -0.2) is 21.6 Å². The summed E-state index contributed by atoms with van der Waals surface area (Å²) in [5.74, 6) is -0.733. The van der Waals surface area contributed by atoms with E-state index in [1.54, 1.807) is 24.3 Å². The highest BCUT2D eigenvalue weighted by Crippen LogP contribution is 2.17. The SMILES string of the molecule is Cc1nn(-c2ccccc2)c(C)c1CNC(=O)c1ccc(C(N)=O)cc1. The van der Waals surface area contributed by atoms with E-state index in [4.69, 9.17) is 5.73 Å². The fraction of sp³-hybridized carbons (Fsp3) is 0.150. The highest BCUT2D eigenvalue weighted by atomic mass is 16.2. The van der Waals surface area contributed by atoms with E-state index in [-0.39, 0.29) is 5.91 Å². The number of hydrogen-bond donors (Lipinski definition) is 2. The lowest BCUT2D eigenvalue weighted by atomic mass is 10.1. The molecule has 0 aliphatic carbocycles. The van der Waals surface area contributed by atoms with Crippen LogP contribution in [0.25, 0.3) is 5.69 Å². The zero-order chi connectivity index (χ0) is 18.7. The first kappa shape index (κ1) is 17.4. The molecular formula is C20H20N4O2. The maximum absolute atomic E-state index is 12.3. The number of carbonyl (C=O) groups excluding carboxylic acids is 2. The van der Waals surface area contributed by atoms with Gasteiger partial charge in [0.1, 0.15) is 0 Å². The van der Waals surface area contributed by atoms with Crippen molar-refractivity contribution in [2.75, 3.05) is 0 Å². The van der Waals surface area contributed by atoms with Gasteiger partial charge in [-0.1, -0.05) is 18.2 Å². The van der Waals surface area contributed by atoms with E-state index in [2.05, 4.69) is 10.4 Å². The lowest BCUT2D eigenvalue weighted by Gasteiger charge is -2.07. The van der Waals surface area contributed by atoms with Gasteiger partial charge in [-0.3, -0.25) is 9.59 Å². The van der Waals surface area contributed by atoms with Crippen molar-refractivity contribution in [3.05, 3.63) is 82.7 Å². The number of para-hydroxylation sites is 1. The molecule has 1 aromatic heterocycles. The van der Waals surface area contributed by atoms with Crippen LogP contribution in [0, 0.1) is 13.8 Å². The molecule has 6 nitrogen and oxygen atoms in total. The van der Waals surface area contributed by atoms with Crippen molar-refractivity contribution in [2.24, 2.45) is 5.73 Å². The molecule has 0 fully saturated rings. The number of primary amides is 1. The first-order valence-corrected chi connectivity index (χ1v) is 8.26. The minimum atomic E-state index is -0.517. The van der Waals surface area contributed by atoms with E-state index in [1.165, 1.54) is 0 Å². The molecule has 3 aromatic rings. The number of rotatable bonds is 5. The van der Waals surface area contributed by atoms with E-state index in [1.807, 2.05) is 48.9 Å². The van der Waals surface area contributed by atoms with Crippen LogP contribution in [0.1, 0.15) is 37.7 Å². The molecule has 0 spiro atoms. The topological polar surface area (TPSA) is 90.0 Å². The molecule has 3 N–H and O–H groups in total. The number of nitrogens with zero attached hydrogens (tertiary/aromatic N) is 2. The average Bonchev–Trinajstić information content (AvgIpc) is 2.94. The van der Waals surface area contributed by atoms with Gasteiger partial charge < -0.3 is 11.1 Å². The summed E-state index contributed by atoms with van der Waals surface area (Å²) in [4.78, 5) is 23.4. The Balaban J connectivity index is 1.74. The molecule has 0 saturated heterocycles. The van der Waals surface area contributed by atoms with E-state index in [9.17, 15) is 9.59 Å². The second kappa shape index (κ2) is 7.23. The summed E-state index contributed by atoms with van der Waals surface area (Å²) < 4.78 is 1.87. The zero-order valence-corrected chi connectivity index (χ0v) is 14.7. The molecule has 0 aliphatic heterocycles. The molecule has 0 radical (unpaired) electrons. The summed E-state index contributed by atoms with van der Waals surface area (Å²) in [7, 11) is 0. The molecular weight excluding hydrogens is 328 g/mol. The summed E-state index contributed by atoms with van der Waals surface area (Å²) >= 11 is 0. The van der Waals surface area contributed by atoms with Gasteiger partial charge in [0, 0.05) is 28.9 Å². The molecule has 0 saturated carbocycles. The Morgan fingerprint density at radius 1 is 1.00 bits per heavy atom. The van der Waals surface area contributed by atoms with Crippen molar-refractivity contribution in [1.29, 1.82) is 0 Å². The lowest BCUT2D eigenvalue weighted by Crippen LogP contribution is -2.23. The Morgan fingerprint density at radius 3 is 2.23 bits per heavy atom. The third-order valence-electron chi connectivity index (χ3n) is 4.30. The molecule has 0 unspecified atom stereocenters. The van der Waals surface area contributed by atoms with Crippen molar-refractivity contribution >= 4 is 11.8 Å². The predicted molar refractivity (Wildman–Crippen MR) is 99.2 cm³/mol. The van der Waals surface area contributed by atoms with Crippen molar-refractivity contribution < 1.29 is 9.59 Å². The zero-order valence-electron chi connectivity index (χ0n) is 14.7. The Hall–Kier alpha value is -3.41. The average molecular weight is 348 g/mol. The third kappa shape index (κ3) is 3.49. The van der Waals surface area contributed by atoms with Crippen LogP contribution in [-0.2, 0) is 6.54 Å². The van der Waals surface area contributed by atoms with E-state index in [0.29, 0.717) is 17.7 Å². The third-order valence-corrected chi connectivity index (χ3v) is 4.30. The van der Waals surface area contributed by atoms with Gasteiger partial charge in [-0.2, -0.15) is 5.10 Å². The van der Waals surface area contributed by atoms with Crippen LogP contribution in [0.3, 0.4) is 0 Å². The fourth-order valence-electron chi connectivity index (χ4n) is 2.81. The number of amides is 2. The molecule has 26 heavy (non-hydrogen) atoms. The number of aryl methyl sites for hydroxylation is 1. The maximum atomic E-state index is 12.3. The molecule has 2 aromatic carbocycles. The van der Waals surface area contributed by atoms with Gasteiger partial charge in [-0.15, -0.1) is 0 Å². The summed E-state index contributed by atoms with van der Waals surface area (Å²) in [5.41, 5.74) is 9.87. The van der Waals surface area contributed by atoms with Crippen molar-refractivity contribution in [2.45, 2.75) is 20.4 Å². The quantitative estimate of drug-likeness (QED) is 0.742. The monoisotopic (exact) mass is 348 g/mol. The highest BCUT2D eigenvalue weighted by Gasteiger charge is 2.14. The van der Waals surface area contributed by atoms with Gasteiger partial charge in [0.15, 0.2) is 0 Å². The minimum absolute atomic E-state index is 0.215. The number of nitrogens with one attached hydrogen (secondary N) is 1. The van der Waals surface area contributed by atoms with E-state index in [0.717, 1.165) is 22.6 Å². The van der Waals surface area contributed by atoms with Crippen LogP contribution in [0.4, 0.5) is 0 Å². The predicted octanol–water partition coefficient (Wildman–Crippen LogP) is 2.52. The number of benzene rings is 2. The van der Waals surface area contributed by atoms with Crippen LogP contribution >= 0.6 is 0 Å². The lowest BCUT2D eigenvalue weighted by molar-refractivity contribution is 0.0948. The van der Waals surface area contributed by atoms with Gasteiger partial charge in [-0.25, -0.2) is 4.68 Å². The van der Waals surface area contributed by atoms with Gasteiger partial charge in [0.25, 0.3) is 5.91 Å². The second-order valence-corrected chi connectivity index (χ2v) is 6.02. The fourth-order valence-corrected chi connectivity index (χ4v) is 2.81. The van der Waals surface area contributed by atoms with Gasteiger partial charge in [-0.05, 0) is 50.2 Å². The number of aromatic nitrogens is 2. The smallest absolute Gasteiger partial charge is 0.251 e. The maximum Gasteiger partial charge on any atom is 0.251 e. The molecule has 0 atom stereocenters. The van der Waals surface area contributed by atoms with Crippen LogP contribution < -0.4 is 11.1 Å². The standard InChI is InChI=1S/C20H20N4O2/c1-13-18(14(2)24(23-13)17-6-4-3-5-7-17)12-22-20(26)16-10-8-15(9-11-16)19(21)25/h3-11H,12H2,1-2H3,(H2,21,25)(H,22,26). The van der Waals surface area contributed by atoms with Crippen molar-refractivity contribution in [1.82, 2.24) is 15.1 Å². The highest BCUT2D eigenvalue weighted by molar-refractivity contribution is 5.97. The summed E-state index contributed by atoms with van der Waals surface area (Å²) in [6.45, 7) is 4.28. The molecule has 3 rings (SSSR count). The van der Waals surface area contributed by atoms with Crippen LogP contribution in [0.15, 0.2) is 54.6 Å². The van der Waals surface area contributed by atoms with Gasteiger partial charge >= 0.3 is 0 Å². The summed E-state index contributed by atoms with van der Waals surface area (Å²) in [6.07, 6.45) is 0. The first-order valence-electron chi connectivity index (χ1n) is 8.26. The van der Waals surface area contributed by atoms with E-state index < -0.39 is 5.91 Å². The number of nitrogens with two attached hydrogens (primary N) is 1. The first-order chi connectivity index (χ1) is 12.5. The largest absolute Gasteiger partial charge is 0.366 e. The second-order valence-electron chi connectivity index (χ2n) is 6.02. The molecule has 132 valence electrons. The molecule has 0 bridgehead atoms. The Kier molecular flexibility index (Phi) is 4.84. The van der Waals surface area contributed by atoms with Crippen molar-refractivity contribution in [3.8, 4) is 5.69 Å². The molecule has 6 heteroatoms. The summed E-state index contributed by atoms with van der Waals surface area (Å²) in [6, 6.07) is 16.1. The van der Waals surface area contributed by atoms with E-state index >= 15 is 0 Å². The Bertz CT molecular complexity index is 944. The molecule has 2 amide bonds. The van der Waals surface area contributed by atoms with Crippen LogP contribution in [0.2, 0.25) is 0 Å². The molecule has 1 heterocycles. The van der Waals surface area contributed by atoms with Crippen molar-refractivity contribution in [3.63, 3.8) is 0 Å². The van der Waals surface area contributed by atoms with Gasteiger partial charge in [0.2, 0.25) is 5.91 Å². The number of hydrogen-bond acceptors (Lipinski definition) is 3. The summed E-state index contributed by atoms with van der Waals surface area (Å²) in [5, 5.41) is 7.48. The van der Waals surface area contributed by atoms with Gasteiger partial charge in [0.05, 0.1) is 11.4 Å². The Morgan fingerprint density at radius 2 is 1.62 bits per heavy atom.